The largest absolute Gasteiger partial charge is 0.299 e. The van der Waals surface area contributed by atoms with E-state index in [1.54, 1.807) is 0 Å². The number of allylic oxidation sites excluding steroid dienone is 1. The molecule has 1 aromatic carbocycles. The topological polar surface area (TPSA) is 0 Å². The van der Waals surface area contributed by atoms with Gasteiger partial charge in [0.1, 0.15) is 6.54 Å². The summed E-state index contributed by atoms with van der Waals surface area (Å²) < 4.78 is 0.932. The van der Waals surface area contributed by atoms with Gasteiger partial charge < -0.3 is 0 Å². The van der Waals surface area contributed by atoms with Crippen molar-refractivity contribution in [1.29, 1.82) is 0 Å². The average Bonchev–Trinajstić information content (AvgIpc) is 2.56. The van der Waals surface area contributed by atoms with E-state index in [-0.39, 0.29) is 0 Å². The molecule has 0 fully saturated rings. The summed E-state index contributed by atoms with van der Waals surface area (Å²) in [5.74, 6) is 0. The highest BCUT2D eigenvalue weighted by molar-refractivity contribution is 5.13. The molecule has 0 aliphatic rings. The predicted molar refractivity (Wildman–Crippen MR) is 108 cm³/mol. The fraction of sp³-hybridized carbons (Fsp3) is 0.652. The van der Waals surface area contributed by atoms with Gasteiger partial charge in [0.15, 0.2) is 0 Å². The molecule has 0 heterocycles. The maximum absolute atomic E-state index is 2.38. The quantitative estimate of drug-likeness (QED) is 0.252. The summed E-state index contributed by atoms with van der Waals surface area (Å²) in [5, 5.41) is 0. The van der Waals surface area contributed by atoms with E-state index in [2.05, 4.69) is 63.6 Å². The van der Waals surface area contributed by atoms with Crippen molar-refractivity contribution in [2.75, 3.05) is 14.1 Å². The van der Waals surface area contributed by atoms with Gasteiger partial charge in [-0.05, 0) is 18.9 Å². The van der Waals surface area contributed by atoms with Crippen molar-refractivity contribution in [3.05, 3.63) is 48.2 Å². The molecule has 0 atom stereocenters. The standard InChI is InChI=1S/C23H40N/c1-4-5-6-7-8-9-10-11-12-13-14-18-21-24(2,3)22-23-19-16-15-17-20-23/h15-21H,4-14,22H2,1-3H3/q+1. The second kappa shape index (κ2) is 13.2. The molecule has 0 amide bonds. The summed E-state index contributed by atoms with van der Waals surface area (Å²) in [7, 11) is 4.56. The normalized spacial score (nSPS) is 12.1. The summed E-state index contributed by atoms with van der Waals surface area (Å²) in [4.78, 5) is 0. The van der Waals surface area contributed by atoms with Crippen molar-refractivity contribution in [3.8, 4) is 0 Å². The van der Waals surface area contributed by atoms with Gasteiger partial charge in [0, 0.05) is 5.56 Å². The van der Waals surface area contributed by atoms with Crippen molar-refractivity contribution in [2.45, 2.75) is 84.1 Å². The van der Waals surface area contributed by atoms with Crippen LogP contribution in [0.3, 0.4) is 0 Å². The van der Waals surface area contributed by atoms with E-state index >= 15 is 0 Å². The molecule has 0 bridgehead atoms. The highest BCUT2D eigenvalue weighted by atomic mass is 15.3. The van der Waals surface area contributed by atoms with Gasteiger partial charge in [-0.25, -0.2) is 0 Å². The predicted octanol–water partition coefficient (Wildman–Crippen LogP) is 7.09. The summed E-state index contributed by atoms with van der Waals surface area (Å²) in [6.07, 6.45) is 20.1. The second-order valence-corrected chi connectivity index (χ2v) is 7.78. The van der Waals surface area contributed by atoms with E-state index in [4.69, 9.17) is 0 Å². The first kappa shape index (κ1) is 21.0. The van der Waals surface area contributed by atoms with Crippen LogP contribution in [0.2, 0.25) is 0 Å². The minimum Gasteiger partial charge on any atom is -0.299 e. The fourth-order valence-corrected chi connectivity index (χ4v) is 3.22. The van der Waals surface area contributed by atoms with Crippen molar-refractivity contribution in [3.63, 3.8) is 0 Å². The maximum atomic E-state index is 2.38. The minimum absolute atomic E-state index is 0.932. The Bertz CT molecular complexity index is 419. The van der Waals surface area contributed by atoms with Crippen molar-refractivity contribution in [1.82, 2.24) is 0 Å². The summed E-state index contributed by atoms with van der Waals surface area (Å²) >= 11 is 0. The zero-order valence-corrected chi connectivity index (χ0v) is 16.5. The second-order valence-electron chi connectivity index (χ2n) is 7.78. The molecule has 136 valence electrons. The molecule has 1 heteroatoms. The molecule has 1 aromatic rings. The highest BCUT2D eigenvalue weighted by Crippen LogP contribution is 2.13. The Morgan fingerprint density at radius 1 is 0.750 bits per heavy atom. The number of hydrogen-bond donors (Lipinski definition) is 0. The van der Waals surface area contributed by atoms with Crippen molar-refractivity contribution < 1.29 is 4.48 Å². The SMILES string of the molecule is CCCCCCCCCCCCC=C[N+](C)(C)Cc1ccccc1. The lowest BCUT2D eigenvalue weighted by molar-refractivity contribution is -0.852. The van der Waals surface area contributed by atoms with Gasteiger partial charge in [-0.15, -0.1) is 0 Å². The third kappa shape index (κ3) is 11.5. The van der Waals surface area contributed by atoms with Gasteiger partial charge in [0.05, 0.1) is 20.3 Å². The van der Waals surface area contributed by atoms with E-state index in [1.165, 1.54) is 76.2 Å². The molecule has 24 heavy (non-hydrogen) atoms. The number of quaternary nitrogens is 1. The molecule has 0 radical (unpaired) electrons. The van der Waals surface area contributed by atoms with Crippen LogP contribution < -0.4 is 0 Å². The summed E-state index contributed by atoms with van der Waals surface area (Å²) in [6.45, 7) is 3.35. The minimum atomic E-state index is 0.932. The zero-order chi connectivity index (χ0) is 17.5. The van der Waals surface area contributed by atoms with Crippen LogP contribution in [0.5, 0.6) is 0 Å². The molecule has 0 aliphatic heterocycles. The van der Waals surface area contributed by atoms with Crippen LogP contribution >= 0.6 is 0 Å². The molecule has 0 N–H and O–H groups in total. The van der Waals surface area contributed by atoms with Crippen LogP contribution in [0.1, 0.15) is 83.1 Å². The molecule has 0 saturated carbocycles. The van der Waals surface area contributed by atoms with Crippen molar-refractivity contribution >= 4 is 0 Å². The molecule has 0 unspecified atom stereocenters. The Morgan fingerprint density at radius 2 is 1.29 bits per heavy atom. The molecule has 0 saturated heterocycles. The van der Waals surface area contributed by atoms with E-state index in [0.717, 1.165) is 11.0 Å². The van der Waals surface area contributed by atoms with Gasteiger partial charge in [-0.3, -0.25) is 4.48 Å². The number of benzene rings is 1. The molecule has 1 nitrogen and oxygen atoms in total. The number of rotatable bonds is 14. The maximum Gasteiger partial charge on any atom is 0.108 e. The lowest BCUT2D eigenvalue weighted by Crippen LogP contribution is -2.32. The Morgan fingerprint density at radius 3 is 1.88 bits per heavy atom. The fourth-order valence-electron chi connectivity index (χ4n) is 3.22. The summed E-state index contributed by atoms with van der Waals surface area (Å²) in [6, 6.07) is 10.8. The number of hydrogen-bond acceptors (Lipinski definition) is 0. The third-order valence-corrected chi connectivity index (χ3v) is 4.67. The molecule has 0 aliphatic carbocycles. The zero-order valence-electron chi connectivity index (χ0n) is 16.5. The Hall–Kier alpha value is -1.08. The van der Waals surface area contributed by atoms with Crippen LogP contribution in [0.4, 0.5) is 0 Å². The van der Waals surface area contributed by atoms with Crippen LogP contribution in [-0.4, -0.2) is 18.6 Å². The molecule has 0 aromatic heterocycles. The van der Waals surface area contributed by atoms with Gasteiger partial charge >= 0.3 is 0 Å². The molecule has 1 rings (SSSR count). The van der Waals surface area contributed by atoms with Gasteiger partial charge in [-0.2, -0.15) is 0 Å². The lowest BCUT2D eigenvalue weighted by Gasteiger charge is -2.25. The highest BCUT2D eigenvalue weighted by Gasteiger charge is 2.11. The Kier molecular flexibility index (Phi) is 11.6. The molecular weight excluding hydrogens is 290 g/mol. The molecule has 0 spiro atoms. The van der Waals surface area contributed by atoms with Gasteiger partial charge in [0.25, 0.3) is 0 Å². The van der Waals surface area contributed by atoms with Crippen LogP contribution in [-0.2, 0) is 6.54 Å². The Balaban J connectivity index is 2.00. The van der Waals surface area contributed by atoms with Crippen LogP contribution in [0, 0.1) is 0 Å². The van der Waals surface area contributed by atoms with Crippen LogP contribution in [0.15, 0.2) is 42.6 Å². The van der Waals surface area contributed by atoms with E-state index in [9.17, 15) is 0 Å². The van der Waals surface area contributed by atoms with Gasteiger partial charge in [-0.1, -0.05) is 95.0 Å². The first-order chi connectivity index (χ1) is 11.6. The first-order valence-electron chi connectivity index (χ1n) is 10.2. The Labute approximate surface area is 151 Å². The van der Waals surface area contributed by atoms with E-state index < -0.39 is 0 Å². The first-order valence-corrected chi connectivity index (χ1v) is 10.2. The lowest BCUT2D eigenvalue weighted by atomic mass is 10.1. The number of nitrogens with zero attached hydrogens (tertiary/aromatic N) is 1. The summed E-state index contributed by atoms with van der Waals surface area (Å²) in [5.41, 5.74) is 1.41. The monoisotopic (exact) mass is 330 g/mol. The number of unbranched alkanes of at least 4 members (excludes halogenated alkanes) is 10. The molecular formula is C23H40N+. The van der Waals surface area contributed by atoms with E-state index in [0.29, 0.717) is 0 Å². The average molecular weight is 331 g/mol. The van der Waals surface area contributed by atoms with Crippen molar-refractivity contribution in [2.24, 2.45) is 0 Å². The van der Waals surface area contributed by atoms with Crippen LogP contribution in [0.25, 0.3) is 0 Å². The van der Waals surface area contributed by atoms with E-state index in [1.807, 2.05) is 0 Å². The third-order valence-electron chi connectivity index (χ3n) is 4.67. The smallest absolute Gasteiger partial charge is 0.108 e. The van der Waals surface area contributed by atoms with Gasteiger partial charge in [0.2, 0.25) is 0 Å².